The maximum absolute atomic E-state index is 12.3. The number of aromatic nitrogens is 2. The Kier molecular flexibility index (Phi) is 3.08. The number of morpholine rings is 1. The Hall–Kier alpha value is -2.08. The zero-order chi connectivity index (χ0) is 13.2. The van der Waals surface area contributed by atoms with E-state index in [1.165, 1.54) is 0 Å². The fourth-order valence-corrected chi connectivity index (χ4v) is 2.16. The number of furan rings is 1. The predicted molar refractivity (Wildman–Crippen MR) is 67.6 cm³/mol. The lowest BCUT2D eigenvalue weighted by atomic mass is 10.2. The van der Waals surface area contributed by atoms with E-state index in [-0.39, 0.29) is 5.91 Å². The lowest BCUT2D eigenvalue weighted by molar-refractivity contribution is 0.0298. The second kappa shape index (κ2) is 4.89. The number of carbonyl (C=O) groups is 1. The van der Waals surface area contributed by atoms with Crippen molar-refractivity contribution in [2.75, 3.05) is 26.3 Å². The van der Waals surface area contributed by atoms with Crippen LogP contribution in [0.4, 0.5) is 0 Å². The van der Waals surface area contributed by atoms with Crippen molar-refractivity contribution in [3.8, 4) is 11.5 Å². The molecule has 1 aliphatic heterocycles. The van der Waals surface area contributed by atoms with E-state index >= 15 is 0 Å². The number of hydrogen-bond acceptors (Lipinski definition) is 4. The van der Waals surface area contributed by atoms with Gasteiger partial charge < -0.3 is 14.1 Å². The van der Waals surface area contributed by atoms with Crippen LogP contribution in [-0.2, 0) is 11.8 Å². The van der Waals surface area contributed by atoms with Crippen molar-refractivity contribution in [2.45, 2.75) is 0 Å². The first-order valence-electron chi connectivity index (χ1n) is 6.20. The highest BCUT2D eigenvalue weighted by molar-refractivity contribution is 5.93. The maximum Gasteiger partial charge on any atom is 0.274 e. The fourth-order valence-electron chi connectivity index (χ4n) is 2.16. The van der Waals surface area contributed by atoms with Gasteiger partial charge in [0, 0.05) is 26.2 Å². The van der Waals surface area contributed by atoms with Crippen molar-refractivity contribution >= 4 is 5.91 Å². The summed E-state index contributed by atoms with van der Waals surface area (Å²) in [5.41, 5.74) is 1.23. The van der Waals surface area contributed by atoms with Gasteiger partial charge in [-0.05, 0) is 12.1 Å². The van der Waals surface area contributed by atoms with Gasteiger partial charge in [-0.25, -0.2) is 0 Å². The lowest BCUT2D eigenvalue weighted by Crippen LogP contribution is -2.40. The second-order valence-corrected chi connectivity index (χ2v) is 4.42. The van der Waals surface area contributed by atoms with E-state index in [0.29, 0.717) is 37.8 Å². The van der Waals surface area contributed by atoms with Crippen LogP contribution in [0.1, 0.15) is 10.5 Å². The predicted octanol–water partition coefficient (Wildman–Crippen LogP) is 1.15. The van der Waals surface area contributed by atoms with Crippen LogP contribution in [0, 0.1) is 0 Å². The lowest BCUT2D eigenvalue weighted by Gasteiger charge is -2.25. The minimum atomic E-state index is -0.0586. The quantitative estimate of drug-likeness (QED) is 0.813. The van der Waals surface area contributed by atoms with Crippen LogP contribution in [0.3, 0.4) is 0 Å². The van der Waals surface area contributed by atoms with Crippen molar-refractivity contribution < 1.29 is 13.9 Å². The van der Waals surface area contributed by atoms with Gasteiger partial charge in [0.1, 0.15) is 5.69 Å². The summed E-state index contributed by atoms with van der Waals surface area (Å²) in [4.78, 5) is 14.1. The van der Waals surface area contributed by atoms with Crippen LogP contribution in [0.15, 0.2) is 28.9 Å². The van der Waals surface area contributed by atoms with Crippen LogP contribution in [0.25, 0.3) is 11.5 Å². The normalized spacial score (nSPS) is 15.7. The van der Waals surface area contributed by atoms with Gasteiger partial charge in [-0.3, -0.25) is 9.48 Å². The summed E-state index contributed by atoms with van der Waals surface area (Å²) in [5, 5.41) is 4.27. The highest BCUT2D eigenvalue weighted by atomic mass is 16.5. The van der Waals surface area contributed by atoms with Gasteiger partial charge >= 0.3 is 0 Å². The maximum atomic E-state index is 12.3. The summed E-state index contributed by atoms with van der Waals surface area (Å²) >= 11 is 0. The van der Waals surface area contributed by atoms with E-state index in [1.54, 1.807) is 29.0 Å². The molecule has 1 aliphatic rings. The van der Waals surface area contributed by atoms with Crippen LogP contribution >= 0.6 is 0 Å². The van der Waals surface area contributed by atoms with Gasteiger partial charge in [-0.15, -0.1) is 0 Å². The van der Waals surface area contributed by atoms with E-state index in [0.717, 1.165) is 5.69 Å². The number of carbonyl (C=O) groups excluding carboxylic acids is 1. The molecule has 0 radical (unpaired) electrons. The highest BCUT2D eigenvalue weighted by Crippen LogP contribution is 2.20. The Balaban J connectivity index is 1.85. The fraction of sp³-hybridized carbons (Fsp3) is 0.385. The molecule has 19 heavy (non-hydrogen) atoms. The number of hydrogen-bond donors (Lipinski definition) is 0. The minimum absolute atomic E-state index is 0.0586. The molecule has 3 rings (SSSR count). The topological polar surface area (TPSA) is 60.5 Å². The van der Waals surface area contributed by atoms with E-state index in [9.17, 15) is 4.79 Å². The molecule has 0 aromatic carbocycles. The molecule has 1 fully saturated rings. The third-order valence-corrected chi connectivity index (χ3v) is 3.17. The third-order valence-electron chi connectivity index (χ3n) is 3.17. The van der Waals surface area contributed by atoms with Crippen molar-refractivity contribution in [3.63, 3.8) is 0 Å². The standard InChI is InChI=1S/C13H15N3O3/c1-15-11(12-3-2-6-19-12)9-10(14-15)13(17)16-4-7-18-8-5-16/h2-3,6,9H,4-5,7-8H2,1H3. The van der Waals surface area contributed by atoms with Gasteiger partial charge in [0.05, 0.1) is 19.5 Å². The molecular weight excluding hydrogens is 246 g/mol. The van der Waals surface area contributed by atoms with Gasteiger partial charge in [-0.1, -0.05) is 0 Å². The molecule has 0 bridgehead atoms. The second-order valence-electron chi connectivity index (χ2n) is 4.42. The first-order valence-corrected chi connectivity index (χ1v) is 6.20. The Labute approximate surface area is 110 Å². The summed E-state index contributed by atoms with van der Waals surface area (Å²) < 4.78 is 12.2. The molecule has 0 N–H and O–H groups in total. The molecule has 1 amide bonds. The molecule has 0 aliphatic carbocycles. The molecular formula is C13H15N3O3. The molecule has 2 aromatic rings. The van der Waals surface area contributed by atoms with Crippen LogP contribution in [0.2, 0.25) is 0 Å². The van der Waals surface area contributed by atoms with Crippen molar-refractivity contribution in [1.29, 1.82) is 0 Å². The first-order chi connectivity index (χ1) is 9.25. The number of nitrogens with zero attached hydrogens (tertiary/aromatic N) is 3. The number of ether oxygens (including phenoxy) is 1. The average molecular weight is 261 g/mol. The SMILES string of the molecule is Cn1nc(C(=O)N2CCOCC2)cc1-c1ccco1. The molecule has 0 unspecified atom stereocenters. The van der Waals surface area contributed by atoms with Crippen LogP contribution in [0.5, 0.6) is 0 Å². The molecule has 6 heteroatoms. The zero-order valence-corrected chi connectivity index (χ0v) is 10.7. The molecule has 0 atom stereocenters. The van der Waals surface area contributed by atoms with E-state index in [2.05, 4.69) is 5.10 Å². The molecule has 1 saturated heterocycles. The third kappa shape index (κ3) is 2.26. The molecule has 3 heterocycles. The molecule has 2 aromatic heterocycles. The Morgan fingerprint density at radius 2 is 2.16 bits per heavy atom. The van der Waals surface area contributed by atoms with Gasteiger partial charge in [0.25, 0.3) is 5.91 Å². The monoisotopic (exact) mass is 261 g/mol. The summed E-state index contributed by atoms with van der Waals surface area (Å²) in [6.45, 7) is 2.41. The first kappa shape index (κ1) is 12.0. The molecule has 100 valence electrons. The van der Waals surface area contributed by atoms with E-state index in [1.807, 2.05) is 12.1 Å². The van der Waals surface area contributed by atoms with Gasteiger partial charge in [0.15, 0.2) is 11.5 Å². The van der Waals surface area contributed by atoms with E-state index < -0.39 is 0 Å². The highest BCUT2D eigenvalue weighted by Gasteiger charge is 2.22. The summed E-state index contributed by atoms with van der Waals surface area (Å²) in [6, 6.07) is 5.42. The van der Waals surface area contributed by atoms with Crippen molar-refractivity contribution in [1.82, 2.24) is 14.7 Å². The van der Waals surface area contributed by atoms with Gasteiger partial charge in [-0.2, -0.15) is 5.10 Å². The summed E-state index contributed by atoms with van der Waals surface area (Å²) in [7, 11) is 1.80. The Morgan fingerprint density at radius 1 is 1.37 bits per heavy atom. The number of amides is 1. The van der Waals surface area contributed by atoms with Crippen molar-refractivity contribution in [2.24, 2.45) is 7.05 Å². The van der Waals surface area contributed by atoms with E-state index in [4.69, 9.17) is 9.15 Å². The minimum Gasteiger partial charge on any atom is -0.463 e. The Bertz CT molecular complexity index is 568. The molecule has 0 spiro atoms. The number of rotatable bonds is 2. The zero-order valence-electron chi connectivity index (χ0n) is 10.7. The van der Waals surface area contributed by atoms with Crippen LogP contribution in [-0.4, -0.2) is 46.9 Å². The molecule has 6 nitrogen and oxygen atoms in total. The van der Waals surface area contributed by atoms with Crippen molar-refractivity contribution in [3.05, 3.63) is 30.2 Å². The van der Waals surface area contributed by atoms with Crippen LogP contribution < -0.4 is 0 Å². The smallest absolute Gasteiger partial charge is 0.274 e. The Morgan fingerprint density at radius 3 is 2.84 bits per heavy atom. The largest absolute Gasteiger partial charge is 0.463 e. The summed E-state index contributed by atoms with van der Waals surface area (Å²) in [5.74, 6) is 0.646. The number of aryl methyl sites for hydroxylation is 1. The molecule has 0 saturated carbocycles. The van der Waals surface area contributed by atoms with Gasteiger partial charge in [0.2, 0.25) is 0 Å². The summed E-state index contributed by atoms with van der Waals surface area (Å²) in [6.07, 6.45) is 1.60. The average Bonchev–Trinajstić information content (AvgIpc) is 3.08.